The van der Waals surface area contributed by atoms with Gasteiger partial charge in [-0.3, -0.25) is 19.8 Å². The van der Waals surface area contributed by atoms with Gasteiger partial charge in [0.2, 0.25) is 0 Å². The molecule has 3 fully saturated rings. The molecular weight excluding hydrogens is 380 g/mol. The van der Waals surface area contributed by atoms with Crippen LogP contribution in [0.4, 0.5) is 0 Å². The Balaban J connectivity index is 1.25. The number of carbonyl (C=O) groups excluding carboxylic acids is 1. The number of nitrogens with one attached hydrogen (secondary N) is 2. The Morgan fingerprint density at radius 2 is 2.07 bits per heavy atom. The van der Waals surface area contributed by atoms with Gasteiger partial charge in [-0.1, -0.05) is 0 Å². The van der Waals surface area contributed by atoms with Crippen molar-refractivity contribution in [1.29, 1.82) is 0 Å². The standard InChI is InChI=1S/C22H30N6O2/c1-14-8-24-20(9-23-14)22(29)26-19-6-16-10-28(12-18-4-5-25-27-18)11-17(16)7-21(19)30-13-15-2-3-15/h4-5,8-9,15-17,19,21H,2-3,6-7,10-13H2,1H3,(H,25,27)(H,26,29)/t16-,17+,19-,21-/m0/s1. The van der Waals surface area contributed by atoms with Crippen LogP contribution in [0.2, 0.25) is 0 Å². The van der Waals surface area contributed by atoms with E-state index in [1.54, 1.807) is 18.6 Å². The largest absolute Gasteiger partial charge is 0.376 e. The smallest absolute Gasteiger partial charge is 0.271 e. The fraction of sp³-hybridized carbons (Fsp3) is 0.636. The predicted molar refractivity (Wildman–Crippen MR) is 111 cm³/mol. The van der Waals surface area contributed by atoms with Gasteiger partial charge in [0.15, 0.2) is 0 Å². The molecular formula is C22H30N6O2. The minimum absolute atomic E-state index is 0.0210. The third kappa shape index (κ3) is 4.54. The van der Waals surface area contributed by atoms with Crippen LogP contribution in [0.1, 0.15) is 47.6 Å². The maximum atomic E-state index is 12.8. The van der Waals surface area contributed by atoms with Gasteiger partial charge in [-0.05, 0) is 56.4 Å². The first-order chi connectivity index (χ1) is 14.6. The summed E-state index contributed by atoms with van der Waals surface area (Å²) in [5.74, 6) is 1.74. The summed E-state index contributed by atoms with van der Waals surface area (Å²) in [6.07, 6.45) is 9.56. The third-order valence-corrected chi connectivity index (χ3v) is 6.72. The zero-order valence-corrected chi connectivity index (χ0v) is 17.5. The molecule has 0 radical (unpaired) electrons. The molecule has 1 aliphatic heterocycles. The van der Waals surface area contributed by atoms with Crippen LogP contribution in [-0.4, -0.2) is 62.8 Å². The molecule has 3 aliphatic rings. The van der Waals surface area contributed by atoms with E-state index in [0.29, 0.717) is 23.4 Å². The van der Waals surface area contributed by atoms with Crippen LogP contribution in [-0.2, 0) is 11.3 Å². The lowest BCUT2D eigenvalue weighted by Crippen LogP contribution is -2.50. The molecule has 0 bridgehead atoms. The lowest BCUT2D eigenvalue weighted by molar-refractivity contribution is -0.0212. The topological polar surface area (TPSA) is 96.0 Å². The number of carbonyl (C=O) groups is 1. The Bertz CT molecular complexity index is 851. The molecule has 1 saturated heterocycles. The first-order valence-electron chi connectivity index (χ1n) is 11.1. The molecule has 0 aromatic carbocycles. The molecule has 30 heavy (non-hydrogen) atoms. The monoisotopic (exact) mass is 410 g/mol. The molecule has 2 aromatic rings. The highest BCUT2D eigenvalue weighted by Crippen LogP contribution is 2.39. The molecule has 5 rings (SSSR count). The Morgan fingerprint density at radius 3 is 2.77 bits per heavy atom. The summed E-state index contributed by atoms with van der Waals surface area (Å²) in [6, 6.07) is 2.06. The molecule has 8 nitrogen and oxygen atoms in total. The fourth-order valence-electron chi connectivity index (χ4n) is 4.89. The molecule has 2 aliphatic carbocycles. The Morgan fingerprint density at radius 1 is 1.23 bits per heavy atom. The van der Waals surface area contributed by atoms with Gasteiger partial charge in [0.05, 0.1) is 24.0 Å². The molecule has 1 amide bonds. The van der Waals surface area contributed by atoms with Crippen LogP contribution in [0, 0.1) is 24.7 Å². The molecule has 2 saturated carbocycles. The van der Waals surface area contributed by atoms with E-state index in [2.05, 4.69) is 30.4 Å². The van der Waals surface area contributed by atoms with Gasteiger partial charge >= 0.3 is 0 Å². The summed E-state index contributed by atoms with van der Waals surface area (Å²) >= 11 is 0. The molecule has 8 heteroatoms. The molecule has 3 heterocycles. The van der Waals surface area contributed by atoms with Crippen molar-refractivity contribution >= 4 is 5.91 Å². The van der Waals surface area contributed by atoms with Crippen molar-refractivity contribution in [3.63, 3.8) is 0 Å². The van der Waals surface area contributed by atoms with Crippen LogP contribution >= 0.6 is 0 Å². The van der Waals surface area contributed by atoms with Gasteiger partial charge in [-0.15, -0.1) is 0 Å². The minimum atomic E-state index is -0.154. The molecule has 2 aromatic heterocycles. The van der Waals surface area contributed by atoms with Crippen LogP contribution < -0.4 is 5.32 Å². The first kappa shape index (κ1) is 19.6. The lowest BCUT2D eigenvalue weighted by atomic mass is 9.77. The number of H-pyrrole nitrogens is 1. The Labute approximate surface area is 176 Å². The maximum Gasteiger partial charge on any atom is 0.271 e. The summed E-state index contributed by atoms with van der Waals surface area (Å²) in [5, 5.41) is 10.3. The van der Waals surface area contributed by atoms with Crippen molar-refractivity contribution in [3.8, 4) is 0 Å². The Kier molecular flexibility index (Phi) is 5.52. The number of nitrogens with zero attached hydrogens (tertiary/aromatic N) is 4. The number of hydrogen-bond acceptors (Lipinski definition) is 6. The zero-order valence-electron chi connectivity index (χ0n) is 17.5. The molecule has 4 atom stereocenters. The Hall–Kier alpha value is -2.32. The summed E-state index contributed by atoms with van der Waals surface area (Å²) in [5.41, 5.74) is 2.33. The molecule has 0 spiro atoms. The molecule has 160 valence electrons. The van der Waals surface area contributed by atoms with E-state index >= 15 is 0 Å². The van der Waals surface area contributed by atoms with E-state index in [1.807, 2.05) is 13.0 Å². The van der Waals surface area contributed by atoms with Gasteiger partial charge in [0.25, 0.3) is 5.91 Å². The molecule has 2 N–H and O–H groups in total. The first-order valence-corrected chi connectivity index (χ1v) is 11.1. The van der Waals surface area contributed by atoms with Gasteiger partial charge in [-0.25, -0.2) is 4.98 Å². The third-order valence-electron chi connectivity index (χ3n) is 6.72. The van der Waals surface area contributed by atoms with Gasteiger partial charge in [0.1, 0.15) is 5.69 Å². The zero-order chi connectivity index (χ0) is 20.5. The average Bonchev–Trinajstić information content (AvgIpc) is 3.27. The van der Waals surface area contributed by atoms with Gasteiger partial charge in [0, 0.05) is 44.3 Å². The quantitative estimate of drug-likeness (QED) is 0.724. The number of fused-ring (bicyclic) bond motifs is 1. The maximum absolute atomic E-state index is 12.8. The highest BCUT2D eigenvalue weighted by Gasteiger charge is 2.43. The second kappa shape index (κ2) is 8.43. The van der Waals surface area contributed by atoms with Crippen molar-refractivity contribution in [2.24, 2.45) is 17.8 Å². The summed E-state index contributed by atoms with van der Waals surface area (Å²) in [7, 11) is 0. The summed E-state index contributed by atoms with van der Waals surface area (Å²) < 4.78 is 6.34. The summed E-state index contributed by atoms with van der Waals surface area (Å²) in [6.45, 7) is 5.72. The number of aromatic amines is 1. The van der Waals surface area contributed by atoms with E-state index < -0.39 is 0 Å². The van der Waals surface area contributed by atoms with E-state index in [9.17, 15) is 4.79 Å². The van der Waals surface area contributed by atoms with Crippen LogP contribution in [0.3, 0.4) is 0 Å². The number of aromatic nitrogens is 4. The number of ether oxygens (including phenoxy) is 1. The minimum Gasteiger partial charge on any atom is -0.376 e. The molecule has 0 unspecified atom stereocenters. The van der Waals surface area contributed by atoms with E-state index in [0.717, 1.165) is 50.5 Å². The van der Waals surface area contributed by atoms with Crippen molar-refractivity contribution in [2.75, 3.05) is 19.7 Å². The number of likely N-dealkylation sites (tertiary alicyclic amines) is 1. The normalized spacial score (nSPS) is 29.0. The predicted octanol–water partition coefficient (Wildman–Crippen LogP) is 1.94. The highest BCUT2D eigenvalue weighted by molar-refractivity contribution is 5.92. The SMILES string of the molecule is Cc1cnc(C(=O)N[C@H]2C[C@H]3CN(Cc4ccn[nH]4)C[C@H]3C[C@@H]2OCC2CC2)cn1. The van der Waals surface area contributed by atoms with Crippen molar-refractivity contribution in [1.82, 2.24) is 30.4 Å². The van der Waals surface area contributed by atoms with E-state index in [-0.39, 0.29) is 18.1 Å². The fourth-order valence-corrected chi connectivity index (χ4v) is 4.89. The van der Waals surface area contributed by atoms with E-state index in [1.165, 1.54) is 12.8 Å². The van der Waals surface area contributed by atoms with Crippen LogP contribution in [0.5, 0.6) is 0 Å². The average molecular weight is 411 g/mol. The summed E-state index contributed by atoms with van der Waals surface area (Å²) in [4.78, 5) is 23.7. The van der Waals surface area contributed by atoms with Gasteiger partial charge < -0.3 is 10.1 Å². The lowest BCUT2D eigenvalue weighted by Gasteiger charge is -2.38. The van der Waals surface area contributed by atoms with Crippen LogP contribution in [0.15, 0.2) is 24.7 Å². The van der Waals surface area contributed by atoms with E-state index in [4.69, 9.17) is 4.74 Å². The second-order valence-corrected chi connectivity index (χ2v) is 9.21. The number of amides is 1. The number of hydrogen-bond donors (Lipinski definition) is 2. The van der Waals surface area contributed by atoms with Crippen molar-refractivity contribution < 1.29 is 9.53 Å². The van der Waals surface area contributed by atoms with Crippen LogP contribution in [0.25, 0.3) is 0 Å². The number of aryl methyl sites for hydroxylation is 1. The van der Waals surface area contributed by atoms with Crippen molar-refractivity contribution in [2.45, 2.75) is 51.3 Å². The van der Waals surface area contributed by atoms with Crippen molar-refractivity contribution in [3.05, 3.63) is 41.7 Å². The number of rotatable bonds is 7. The highest BCUT2D eigenvalue weighted by atomic mass is 16.5. The van der Waals surface area contributed by atoms with Gasteiger partial charge in [-0.2, -0.15) is 5.10 Å². The second-order valence-electron chi connectivity index (χ2n) is 9.21.